The van der Waals surface area contributed by atoms with Crippen molar-refractivity contribution in [3.05, 3.63) is 96.1 Å². The Morgan fingerprint density at radius 2 is 1.67 bits per heavy atom. The lowest BCUT2D eigenvalue weighted by Gasteiger charge is -2.35. The summed E-state index contributed by atoms with van der Waals surface area (Å²) in [6.07, 6.45) is 2.99. The molecule has 11 heteroatoms. The molecule has 1 amide bonds. The zero-order chi connectivity index (χ0) is 32.2. The highest BCUT2D eigenvalue weighted by molar-refractivity contribution is 5.85. The highest BCUT2D eigenvalue weighted by Crippen LogP contribution is 2.38. The van der Waals surface area contributed by atoms with Gasteiger partial charge in [0.1, 0.15) is 16.9 Å². The van der Waals surface area contributed by atoms with Crippen molar-refractivity contribution in [2.24, 2.45) is 5.92 Å². The molecular formula is C35H32N2O9. The number of ether oxygens (including phenoxy) is 2. The quantitative estimate of drug-likeness (QED) is 0.149. The van der Waals surface area contributed by atoms with Crippen LogP contribution < -0.4 is 9.47 Å². The standard InChI is InChI=1S/C35H32N2O9/c1-21(37(33(38)17-24(35(41)42)18-34(39)40)19-25-15-23-7-2-4-10-28(23)45-25)26(22-13-14-30-31(16-22)44-20-43-30)8-6-12-32-36-27-9-3-5-11-29(27)46-32/h2-7,9-16,21,24,26H,8,17-20H2,1H3,(H,39,40)(H,41,42)/b12-6+/t21-,24-,26+/m1/s1. The monoisotopic (exact) mass is 624 g/mol. The maximum Gasteiger partial charge on any atom is 0.307 e. The van der Waals surface area contributed by atoms with Crippen molar-refractivity contribution in [1.82, 2.24) is 9.88 Å². The number of rotatable bonds is 13. The molecule has 3 aromatic carbocycles. The fourth-order valence-electron chi connectivity index (χ4n) is 5.78. The van der Waals surface area contributed by atoms with Crippen LogP contribution in [-0.2, 0) is 20.9 Å². The molecule has 236 valence electrons. The number of carbonyl (C=O) groups is 3. The molecule has 0 aliphatic carbocycles. The number of carbonyl (C=O) groups excluding carboxylic acids is 1. The Morgan fingerprint density at radius 1 is 0.913 bits per heavy atom. The number of hydrogen-bond acceptors (Lipinski definition) is 8. The number of carboxylic acid groups (broad SMARTS) is 2. The number of hydrogen-bond donors (Lipinski definition) is 2. The molecule has 0 saturated heterocycles. The number of aliphatic carboxylic acids is 2. The maximum atomic E-state index is 14.0. The number of furan rings is 1. The molecule has 3 heterocycles. The normalized spacial score (nSPS) is 14.5. The minimum Gasteiger partial charge on any atom is -0.481 e. The van der Waals surface area contributed by atoms with Gasteiger partial charge in [0.25, 0.3) is 0 Å². The summed E-state index contributed by atoms with van der Waals surface area (Å²) in [4.78, 5) is 43.4. The van der Waals surface area contributed by atoms with Crippen molar-refractivity contribution in [2.45, 2.75) is 44.7 Å². The first-order valence-corrected chi connectivity index (χ1v) is 14.9. The van der Waals surface area contributed by atoms with Crippen LogP contribution in [0.25, 0.3) is 28.1 Å². The summed E-state index contributed by atoms with van der Waals surface area (Å²) < 4.78 is 23.1. The maximum absolute atomic E-state index is 14.0. The molecule has 0 saturated carbocycles. The van der Waals surface area contributed by atoms with Crippen LogP contribution >= 0.6 is 0 Å². The molecule has 1 aliphatic rings. The van der Waals surface area contributed by atoms with E-state index in [0.29, 0.717) is 40.7 Å². The zero-order valence-corrected chi connectivity index (χ0v) is 25.0. The van der Waals surface area contributed by atoms with Gasteiger partial charge in [-0.15, -0.1) is 0 Å². The van der Waals surface area contributed by atoms with Crippen molar-refractivity contribution in [3.8, 4) is 11.5 Å². The Bertz CT molecular complexity index is 1860. The zero-order valence-electron chi connectivity index (χ0n) is 25.0. The van der Waals surface area contributed by atoms with Crippen LogP contribution in [0.2, 0.25) is 0 Å². The van der Waals surface area contributed by atoms with Gasteiger partial charge in [0.2, 0.25) is 18.6 Å². The summed E-state index contributed by atoms with van der Waals surface area (Å²) >= 11 is 0. The lowest BCUT2D eigenvalue weighted by molar-refractivity contribution is -0.151. The number of aromatic nitrogens is 1. The predicted molar refractivity (Wildman–Crippen MR) is 167 cm³/mol. The van der Waals surface area contributed by atoms with Gasteiger partial charge in [-0.05, 0) is 61.4 Å². The van der Waals surface area contributed by atoms with Crippen LogP contribution in [0.3, 0.4) is 0 Å². The number of fused-ring (bicyclic) bond motifs is 3. The number of amides is 1. The highest BCUT2D eigenvalue weighted by atomic mass is 16.7. The molecule has 46 heavy (non-hydrogen) atoms. The smallest absolute Gasteiger partial charge is 0.307 e. The van der Waals surface area contributed by atoms with Gasteiger partial charge in [-0.3, -0.25) is 14.4 Å². The van der Waals surface area contributed by atoms with Gasteiger partial charge in [0, 0.05) is 23.8 Å². The minimum absolute atomic E-state index is 0.0456. The van der Waals surface area contributed by atoms with Crippen molar-refractivity contribution in [3.63, 3.8) is 0 Å². The third-order valence-electron chi connectivity index (χ3n) is 8.17. The summed E-state index contributed by atoms with van der Waals surface area (Å²) in [6.45, 7) is 2.04. The summed E-state index contributed by atoms with van der Waals surface area (Å²) in [5, 5.41) is 19.9. The second-order valence-electron chi connectivity index (χ2n) is 11.2. The van der Waals surface area contributed by atoms with E-state index in [4.69, 9.17) is 18.3 Å². The van der Waals surface area contributed by atoms with E-state index in [2.05, 4.69) is 4.98 Å². The van der Waals surface area contributed by atoms with Crippen LogP contribution in [0.1, 0.15) is 49.3 Å². The van der Waals surface area contributed by atoms with Crippen molar-refractivity contribution >= 4 is 46.0 Å². The molecular weight excluding hydrogens is 592 g/mol. The summed E-state index contributed by atoms with van der Waals surface area (Å²) in [5.41, 5.74) is 2.92. The fourth-order valence-corrected chi connectivity index (χ4v) is 5.78. The first-order valence-electron chi connectivity index (χ1n) is 14.9. The molecule has 3 atom stereocenters. The minimum atomic E-state index is -1.39. The second-order valence-corrected chi connectivity index (χ2v) is 11.2. The Balaban J connectivity index is 1.34. The third kappa shape index (κ3) is 6.73. The average molecular weight is 625 g/mol. The van der Waals surface area contributed by atoms with Gasteiger partial charge in [0.15, 0.2) is 17.1 Å². The molecule has 11 nitrogen and oxygen atoms in total. The third-order valence-corrected chi connectivity index (χ3v) is 8.17. The highest BCUT2D eigenvalue weighted by Gasteiger charge is 2.33. The van der Waals surface area contributed by atoms with E-state index in [9.17, 15) is 24.6 Å². The molecule has 0 bridgehead atoms. The summed E-state index contributed by atoms with van der Waals surface area (Å²) in [5.74, 6) is -2.70. The van der Waals surface area contributed by atoms with Gasteiger partial charge >= 0.3 is 11.9 Å². The molecule has 6 rings (SSSR count). The first-order chi connectivity index (χ1) is 22.2. The molecule has 1 aliphatic heterocycles. The fraction of sp³-hybridized carbons (Fsp3) is 0.257. The van der Waals surface area contributed by atoms with E-state index in [1.54, 1.807) is 11.0 Å². The van der Waals surface area contributed by atoms with Crippen LogP contribution in [-0.4, -0.2) is 50.8 Å². The van der Waals surface area contributed by atoms with E-state index in [1.165, 1.54) is 0 Å². The molecule has 0 spiro atoms. The van der Waals surface area contributed by atoms with Crippen molar-refractivity contribution in [2.75, 3.05) is 6.79 Å². The molecule has 2 N–H and O–H groups in total. The number of nitrogens with zero attached hydrogens (tertiary/aromatic N) is 2. The number of oxazole rings is 1. The summed E-state index contributed by atoms with van der Waals surface area (Å²) in [6, 6.07) is 21.9. The topological polar surface area (TPSA) is 153 Å². The lowest BCUT2D eigenvalue weighted by atomic mass is 9.87. The average Bonchev–Trinajstić information content (AvgIpc) is 3.78. The lowest BCUT2D eigenvalue weighted by Crippen LogP contribution is -2.42. The van der Waals surface area contributed by atoms with E-state index < -0.39 is 42.6 Å². The molecule has 0 fully saturated rings. The van der Waals surface area contributed by atoms with Crippen molar-refractivity contribution in [1.29, 1.82) is 0 Å². The number of para-hydroxylation sites is 3. The molecule has 5 aromatic rings. The molecule has 2 aromatic heterocycles. The van der Waals surface area contributed by atoms with Gasteiger partial charge in [-0.25, -0.2) is 4.98 Å². The Hall–Kier alpha value is -5.58. The SMILES string of the molecule is C[C@H]([C@H](C/C=C/c1nc2ccccc2o1)c1ccc2c(c1)OCO2)N(Cc1cc2ccccc2o1)C(=O)C[C@H](CC(=O)O)C(=O)O. The number of carboxylic acids is 2. The van der Waals surface area contributed by atoms with Crippen LogP contribution in [0.4, 0.5) is 0 Å². The van der Waals surface area contributed by atoms with E-state index >= 15 is 0 Å². The number of benzene rings is 3. The van der Waals surface area contributed by atoms with E-state index in [0.717, 1.165) is 16.5 Å². The molecule has 0 unspecified atom stereocenters. The van der Waals surface area contributed by atoms with Gasteiger partial charge in [-0.2, -0.15) is 0 Å². The Kier molecular flexibility index (Phi) is 8.73. The second kappa shape index (κ2) is 13.2. The Morgan fingerprint density at radius 3 is 2.43 bits per heavy atom. The van der Waals surface area contributed by atoms with Crippen LogP contribution in [0, 0.1) is 5.92 Å². The largest absolute Gasteiger partial charge is 0.481 e. The van der Waals surface area contributed by atoms with Crippen molar-refractivity contribution < 1.29 is 42.9 Å². The Labute approximate surface area is 263 Å². The van der Waals surface area contributed by atoms with E-state index in [1.807, 2.05) is 85.8 Å². The molecule has 0 radical (unpaired) electrons. The van der Waals surface area contributed by atoms with Crippen LogP contribution in [0.5, 0.6) is 11.5 Å². The van der Waals surface area contributed by atoms with Gasteiger partial charge < -0.3 is 33.4 Å². The number of allylic oxidation sites excluding steroid dienone is 1. The first kappa shape index (κ1) is 30.4. The van der Waals surface area contributed by atoms with Gasteiger partial charge in [-0.1, -0.05) is 42.5 Å². The van der Waals surface area contributed by atoms with Crippen LogP contribution in [0.15, 0.2) is 87.7 Å². The predicted octanol–water partition coefficient (Wildman–Crippen LogP) is 6.47. The van der Waals surface area contributed by atoms with Gasteiger partial charge in [0.05, 0.1) is 18.9 Å². The van der Waals surface area contributed by atoms with E-state index in [-0.39, 0.29) is 19.3 Å². The summed E-state index contributed by atoms with van der Waals surface area (Å²) in [7, 11) is 0.